The summed E-state index contributed by atoms with van der Waals surface area (Å²) in [6, 6.07) is 17.4. The fourth-order valence-electron chi connectivity index (χ4n) is 13.6. The number of carboxylic acid groups (broad SMARTS) is 1. The first-order chi connectivity index (χ1) is 49.4. The molecule has 2 aromatic heterocycles. The third-order valence-corrected chi connectivity index (χ3v) is 23.2. The number of carboxylic acids is 1. The number of rotatable bonds is 36. The maximum Gasteiger partial charge on any atom is 0.323 e. The summed E-state index contributed by atoms with van der Waals surface area (Å²) in [4.78, 5) is 144. The van der Waals surface area contributed by atoms with E-state index in [9.17, 15) is 47.9 Å². The highest BCUT2D eigenvalue weighted by Crippen LogP contribution is 2.37. The van der Waals surface area contributed by atoms with Gasteiger partial charge in [-0.3, -0.25) is 57.7 Å². The number of hydrogen-bond donors (Lipinski definition) is 4. The Bertz CT molecular complexity index is 3460. The van der Waals surface area contributed by atoms with Crippen molar-refractivity contribution in [2.45, 2.75) is 234 Å². The number of likely N-dealkylation sites (N-methyl/N-ethyl adjacent to an activating group) is 3. The lowest BCUT2D eigenvalue weighted by molar-refractivity contribution is -0.150. The Kier molecular flexibility index (Phi) is 36.6. The van der Waals surface area contributed by atoms with Crippen molar-refractivity contribution in [1.29, 1.82) is 0 Å². The Morgan fingerprint density at radius 3 is 1.30 bits per heavy atom. The standard InChI is InChI=1S/C40H60N4O7S.C32H48N4O6S.C7H13NO2/c1-11-26(4)31(22-35(46)40(7)18-15-19-43(40)8)38(48)44(9)33(25(2)3)23-34(51-28(6)45)37-42-32(24-52-37)36(47)41-30(20-27(5)39(49)50-10)21-29-16-13-12-14-17-29;1-9-20(4)28(33)31(39)36(7)26(19(2)3)17-27(42-22(6)37)30-35-25(18-43-30)29(38)34-24(15-21(5)32(40)41-8)16-23-13-11-10-12-14-23;1-7(6(9)10)4-3-5-8(7)2/h12-14,16-17,24-27,30-31,33-34H,11,15,18-23H2,1-10H3,(H,41,47);10-14,18-21,24,26-28H,9,15-17,33H2,1-8H3,(H,34,38);3-5H2,1-2H3,(H,9,10)/t26-,27-,30+,31-,33+,34+,40+;20-,21-,24+,26+,27+,28-;7-/m001/s1. The van der Waals surface area contributed by atoms with Gasteiger partial charge in [-0.25, -0.2) is 9.97 Å². The predicted molar refractivity (Wildman–Crippen MR) is 408 cm³/mol. The molecule has 4 amide bonds. The van der Waals surface area contributed by atoms with Gasteiger partial charge in [0.05, 0.1) is 37.6 Å². The van der Waals surface area contributed by atoms with Gasteiger partial charge in [0, 0.05) is 88.1 Å². The summed E-state index contributed by atoms with van der Waals surface area (Å²) in [6.45, 7) is 27.7. The van der Waals surface area contributed by atoms with Crippen molar-refractivity contribution in [3.05, 3.63) is 104 Å². The second-order valence-electron chi connectivity index (χ2n) is 29.8. The van der Waals surface area contributed by atoms with Crippen molar-refractivity contribution >= 4 is 81.9 Å². The van der Waals surface area contributed by atoms with Gasteiger partial charge in [-0.15, -0.1) is 22.7 Å². The molecule has 0 saturated carbocycles. The molecule has 14 atom stereocenters. The summed E-state index contributed by atoms with van der Waals surface area (Å²) < 4.78 is 21.3. The zero-order valence-electron chi connectivity index (χ0n) is 65.9. The summed E-state index contributed by atoms with van der Waals surface area (Å²) >= 11 is 2.43. The molecule has 4 aromatic rings. The van der Waals surface area contributed by atoms with Crippen LogP contribution in [0.1, 0.15) is 222 Å². The van der Waals surface area contributed by atoms with Crippen LogP contribution in [-0.2, 0) is 70.1 Å². The van der Waals surface area contributed by atoms with Crippen LogP contribution in [-0.4, -0.2) is 191 Å². The minimum atomic E-state index is -0.805. The van der Waals surface area contributed by atoms with E-state index in [0.717, 1.165) is 62.7 Å². The summed E-state index contributed by atoms with van der Waals surface area (Å²) in [5.74, 6) is -4.66. The van der Waals surface area contributed by atoms with Crippen LogP contribution in [0.2, 0.25) is 0 Å². The molecule has 584 valence electrons. The molecule has 0 bridgehead atoms. The van der Waals surface area contributed by atoms with Gasteiger partial charge in [0.25, 0.3) is 11.8 Å². The van der Waals surface area contributed by atoms with Gasteiger partial charge in [-0.05, 0) is 127 Å². The number of aliphatic carboxylic acids is 1. The van der Waals surface area contributed by atoms with Crippen molar-refractivity contribution in [3.8, 4) is 0 Å². The highest BCUT2D eigenvalue weighted by molar-refractivity contribution is 7.10. The lowest BCUT2D eigenvalue weighted by atomic mass is 9.80. The zero-order valence-corrected chi connectivity index (χ0v) is 67.5. The Labute approximate surface area is 631 Å². The fraction of sp³-hybridized carbons (Fsp3) is 0.646. The highest BCUT2D eigenvalue weighted by Gasteiger charge is 2.45. The van der Waals surface area contributed by atoms with Crippen LogP contribution < -0.4 is 16.4 Å². The van der Waals surface area contributed by atoms with Crippen LogP contribution in [0.25, 0.3) is 0 Å². The second kappa shape index (κ2) is 42.7. The number of thiazole rings is 2. The molecule has 2 saturated heterocycles. The van der Waals surface area contributed by atoms with E-state index in [1.54, 1.807) is 55.4 Å². The molecule has 0 aliphatic carbocycles. The van der Waals surface area contributed by atoms with Crippen LogP contribution in [0, 0.1) is 41.4 Å². The minimum Gasteiger partial charge on any atom is -0.480 e. The van der Waals surface area contributed by atoms with E-state index in [0.29, 0.717) is 42.1 Å². The van der Waals surface area contributed by atoms with Crippen molar-refractivity contribution in [3.63, 3.8) is 0 Å². The second-order valence-corrected chi connectivity index (χ2v) is 31.6. The molecule has 2 aromatic carbocycles. The quantitative estimate of drug-likeness (QED) is 0.0243. The van der Waals surface area contributed by atoms with Crippen molar-refractivity contribution in [1.82, 2.24) is 40.2 Å². The fourth-order valence-corrected chi connectivity index (χ4v) is 15.3. The van der Waals surface area contributed by atoms with Crippen molar-refractivity contribution in [2.75, 3.05) is 55.5 Å². The molecule has 2 aliphatic heterocycles. The van der Waals surface area contributed by atoms with Crippen LogP contribution in [0.4, 0.5) is 0 Å². The number of esters is 4. The van der Waals surface area contributed by atoms with Crippen LogP contribution in [0.5, 0.6) is 0 Å². The van der Waals surface area contributed by atoms with E-state index in [2.05, 4.69) is 25.5 Å². The molecule has 0 spiro atoms. The number of methoxy groups -OCH3 is 2. The molecular weight excluding hydrogens is 1380 g/mol. The van der Waals surface area contributed by atoms with Gasteiger partial charge in [-0.1, -0.05) is 143 Å². The monoisotopic (exact) mass is 1500 g/mol. The third kappa shape index (κ3) is 26.4. The topological polar surface area (TPSA) is 317 Å². The number of hydrogen-bond acceptors (Lipinski definition) is 21. The number of ketones is 1. The molecule has 4 heterocycles. The Balaban J connectivity index is 0.000000396. The minimum absolute atomic E-state index is 0.00681. The molecule has 0 radical (unpaired) electrons. The molecular formula is C79H121N9O15S2. The van der Waals surface area contributed by atoms with Crippen LogP contribution in [0.3, 0.4) is 0 Å². The van der Waals surface area contributed by atoms with Gasteiger partial charge < -0.3 is 50.2 Å². The average Bonchev–Trinajstić information content (AvgIpc) is 1.76. The number of amides is 4. The molecule has 5 N–H and O–H groups in total. The molecule has 24 nitrogen and oxygen atoms in total. The lowest BCUT2D eigenvalue weighted by Crippen LogP contribution is -2.51. The number of carbonyl (C=O) groups is 10. The Morgan fingerprint density at radius 1 is 0.590 bits per heavy atom. The summed E-state index contributed by atoms with van der Waals surface area (Å²) in [6.07, 6.45) is 6.01. The van der Waals surface area contributed by atoms with Gasteiger partial charge in [0.1, 0.15) is 26.9 Å². The maximum absolute atomic E-state index is 14.3. The number of ether oxygens (including phenoxy) is 4. The number of nitrogens with zero attached hydrogens (tertiary/aromatic N) is 6. The van der Waals surface area contributed by atoms with Crippen molar-refractivity contribution in [2.24, 2.45) is 47.2 Å². The third-order valence-electron chi connectivity index (χ3n) is 21.3. The Morgan fingerprint density at radius 2 is 0.971 bits per heavy atom. The normalized spacial score (nSPS) is 19.3. The first-order valence-electron chi connectivity index (χ1n) is 37.0. The largest absolute Gasteiger partial charge is 0.480 e. The van der Waals surface area contributed by atoms with E-state index in [1.807, 2.05) is 142 Å². The molecule has 2 fully saturated rings. The summed E-state index contributed by atoms with van der Waals surface area (Å²) in [5.41, 5.74) is 7.48. The molecule has 0 unspecified atom stereocenters. The first kappa shape index (κ1) is 89.9. The first-order valence-corrected chi connectivity index (χ1v) is 38.7. The molecule has 26 heteroatoms. The van der Waals surface area contributed by atoms with Gasteiger partial charge in [-0.2, -0.15) is 0 Å². The van der Waals surface area contributed by atoms with Crippen LogP contribution in [0.15, 0.2) is 71.4 Å². The number of nitrogens with two attached hydrogens (primary N) is 1. The van der Waals surface area contributed by atoms with Gasteiger partial charge in [0.2, 0.25) is 11.8 Å². The molecule has 2 aliphatic rings. The van der Waals surface area contributed by atoms with E-state index in [-0.39, 0.29) is 102 Å². The smallest absolute Gasteiger partial charge is 0.323 e. The SMILES string of the molecule is CC[C@H](C)[C@H](CC(=O)[C@@]1(C)CCCN1C)C(=O)N(C)[C@H](C[C@@H](OC(C)=O)c1nc(C(=O)N[C@@H](Cc2ccccc2)C[C@H](C)C(=O)OC)cs1)C(C)C.CC[C@H](C)[C@H](N)C(=O)N(C)[C@H](C[C@@H](OC(C)=O)c1nc(C(=O)N[C@@H](Cc2ccccc2)C[C@H](C)C(=O)OC)cs1)C(C)C.CN1CCC[C@]1(C)C(=O)O. The van der Waals surface area contributed by atoms with Crippen LogP contribution >= 0.6 is 22.7 Å². The summed E-state index contributed by atoms with van der Waals surface area (Å²) in [7, 11) is 10.0. The summed E-state index contributed by atoms with van der Waals surface area (Å²) in [5, 5.41) is 19.0. The number of likely N-dealkylation sites (tertiary alicyclic amines) is 2. The van der Waals surface area contributed by atoms with E-state index in [1.165, 1.54) is 50.7 Å². The number of carbonyl (C=O) groups excluding carboxylic acids is 9. The lowest BCUT2D eigenvalue weighted by Gasteiger charge is -2.38. The van der Waals surface area contributed by atoms with Gasteiger partial charge >= 0.3 is 29.8 Å². The number of benzene rings is 2. The van der Waals surface area contributed by atoms with Gasteiger partial charge in [0.15, 0.2) is 18.0 Å². The average molecular weight is 1500 g/mol. The number of aromatic nitrogens is 2. The zero-order chi connectivity index (χ0) is 78.8. The van der Waals surface area contributed by atoms with E-state index in [4.69, 9.17) is 29.8 Å². The number of nitrogens with one attached hydrogen (secondary N) is 2. The molecule has 6 rings (SSSR count). The Hall–Kier alpha value is -7.52. The van der Waals surface area contributed by atoms with Crippen molar-refractivity contribution < 1.29 is 72.0 Å². The maximum atomic E-state index is 14.3. The predicted octanol–water partition coefficient (Wildman–Crippen LogP) is 11.4. The highest BCUT2D eigenvalue weighted by atomic mass is 32.1. The van der Waals surface area contributed by atoms with E-state index >= 15 is 0 Å². The van der Waals surface area contributed by atoms with E-state index < -0.39 is 76.8 Å². The molecule has 105 heavy (non-hydrogen) atoms. The number of Topliss-reactive ketones (excluding diaryl/α,β-unsaturated/α-hetero) is 1.